The number of nitrogens with one attached hydrogen (secondary N) is 2. The second kappa shape index (κ2) is 5.41. The topological polar surface area (TPSA) is 62.9 Å². The van der Waals surface area contributed by atoms with Gasteiger partial charge in [-0.25, -0.2) is 4.98 Å². The molecule has 0 spiro atoms. The van der Waals surface area contributed by atoms with Gasteiger partial charge in [-0.05, 0) is 30.7 Å². The summed E-state index contributed by atoms with van der Waals surface area (Å²) in [5.74, 6) is 1.05. The van der Waals surface area contributed by atoms with E-state index < -0.39 is 6.61 Å². The fourth-order valence-electron chi connectivity index (χ4n) is 4.02. The Morgan fingerprint density at radius 3 is 2.96 bits per heavy atom. The highest BCUT2D eigenvalue weighted by atomic mass is 35.5. The summed E-state index contributed by atoms with van der Waals surface area (Å²) in [5, 5.41) is 12.1. The molecule has 8 heteroatoms. The van der Waals surface area contributed by atoms with Crippen LogP contribution < -0.4 is 10.1 Å². The van der Waals surface area contributed by atoms with Crippen LogP contribution in [0.4, 0.5) is 8.78 Å². The molecule has 132 valence electrons. The normalized spacial score (nSPS) is 20.7. The van der Waals surface area contributed by atoms with Crippen LogP contribution >= 0.6 is 11.6 Å². The van der Waals surface area contributed by atoms with E-state index in [4.69, 9.17) is 21.7 Å². The SMILES string of the molecule is N=C1N[C@@H]2C[C@H](c3c(OC(F)F)cccc31)n1c2nc2ccc(Cl)cc21. The Morgan fingerprint density at radius 1 is 1.31 bits per heavy atom. The van der Waals surface area contributed by atoms with Crippen LogP contribution in [0.3, 0.4) is 0 Å². The van der Waals surface area contributed by atoms with Gasteiger partial charge in [-0.15, -0.1) is 0 Å². The average Bonchev–Trinajstić information content (AvgIpc) is 3.07. The molecular weight excluding hydrogens is 362 g/mol. The van der Waals surface area contributed by atoms with Gasteiger partial charge in [0.1, 0.15) is 17.4 Å². The number of fused-ring (bicyclic) bond motifs is 9. The van der Waals surface area contributed by atoms with Gasteiger partial charge in [0.2, 0.25) is 0 Å². The van der Waals surface area contributed by atoms with E-state index >= 15 is 0 Å². The number of nitrogens with zero attached hydrogens (tertiary/aromatic N) is 2. The van der Waals surface area contributed by atoms with Gasteiger partial charge in [-0.2, -0.15) is 8.78 Å². The molecule has 3 heterocycles. The van der Waals surface area contributed by atoms with Crippen molar-refractivity contribution in [2.24, 2.45) is 0 Å². The molecular formula is C18H13ClF2N4O. The lowest BCUT2D eigenvalue weighted by Gasteiger charge is -2.22. The van der Waals surface area contributed by atoms with Crippen molar-refractivity contribution in [3.8, 4) is 5.75 Å². The van der Waals surface area contributed by atoms with Crippen molar-refractivity contribution < 1.29 is 13.5 Å². The summed E-state index contributed by atoms with van der Waals surface area (Å²) in [5.41, 5.74) is 2.76. The summed E-state index contributed by atoms with van der Waals surface area (Å²) < 4.78 is 32.7. The first-order chi connectivity index (χ1) is 12.5. The van der Waals surface area contributed by atoms with E-state index in [2.05, 4.69) is 10.3 Å². The third-order valence-corrected chi connectivity index (χ3v) is 5.20. The van der Waals surface area contributed by atoms with Crippen LogP contribution in [0.25, 0.3) is 11.0 Å². The number of hydrogen-bond donors (Lipinski definition) is 2. The Bertz CT molecular complexity index is 1060. The molecule has 0 amide bonds. The fourth-order valence-corrected chi connectivity index (χ4v) is 4.19. The lowest BCUT2D eigenvalue weighted by molar-refractivity contribution is -0.0506. The van der Waals surface area contributed by atoms with Crippen molar-refractivity contribution >= 4 is 28.5 Å². The molecule has 0 radical (unpaired) electrons. The fraction of sp³-hybridized carbons (Fsp3) is 0.222. The largest absolute Gasteiger partial charge is 0.434 e. The van der Waals surface area contributed by atoms with Crippen LogP contribution in [0.5, 0.6) is 5.75 Å². The van der Waals surface area contributed by atoms with Crippen molar-refractivity contribution in [1.29, 1.82) is 5.41 Å². The van der Waals surface area contributed by atoms with Gasteiger partial charge in [-0.3, -0.25) is 5.41 Å². The molecule has 26 heavy (non-hydrogen) atoms. The number of rotatable bonds is 2. The van der Waals surface area contributed by atoms with E-state index in [1.54, 1.807) is 18.2 Å². The molecule has 0 unspecified atom stereocenters. The Kier molecular flexibility index (Phi) is 3.24. The van der Waals surface area contributed by atoms with Gasteiger partial charge >= 0.3 is 6.61 Å². The van der Waals surface area contributed by atoms with Crippen LogP contribution in [0, 0.1) is 5.41 Å². The van der Waals surface area contributed by atoms with E-state index in [1.807, 2.05) is 16.7 Å². The Labute approximate surface area is 152 Å². The zero-order valence-corrected chi connectivity index (χ0v) is 14.1. The molecule has 0 saturated carbocycles. The van der Waals surface area contributed by atoms with Crippen LogP contribution in [-0.2, 0) is 0 Å². The highest BCUT2D eigenvalue weighted by Crippen LogP contribution is 2.47. The van der Waals surface area contributed by atoms with Gasteiger partial charge < -0.3 is 14.6 Å². The minimum atomic E-state index is -2.93. The van der Waals surface area contributed by atoms with Gasteiger partial charge in [0.05, 0.1) is 23.1 Å². The lowest BCUT2D eigenvalue weighted by atomic mass is 9.97. The molecule has 5 nitrogen and oxygen atoms in total. The minimum Gasteiger partial charge on any atom is -0.434 e. The number of hydrogen-bond acceptors (Lipinski definition) is 3. The first kappa shape index (κ1) is 15.6. The number of benzene rings is 2. The summed E-state index contributed by atoms with van der Waals surface area (Å²) >= 11 is 6.16. The second-order valence-corrected chi connectivity index (χ2v) is 6.83. The van der Waals surface area contributed by atoms with Crippen molar-refractivity contribution in [1.82, 2.24) is 14.9 Å². The molecule has 3 aromatic rings. The van der Waals surface area contributed by atoms with Crippen LogP contribution in [0.2, 0.25) is 5.02 Å². The van der Waals surface area contributed by atoms with Gasteiger partial charge in [0, 0.05) is 16.1 Å². The van der Waals surface area contributed by atoms with Gasteiger partial charge in [0.15, 0.2) is 0 Å². The molecule has 0 aliphatic carbocycles. The highest BCUT2D eigenvalue weighted by molar-refractivity contribution is 6.31. The first-order valence-corrected chi connectivity index (χ1v) is 8.51. The van der Waals surface area contributed by atoms with E-state index in [0.29, 0.717) is 22.6 Å². The molecule has 0 saturated heterocycles. The highest BCUT2D eigenvalue weighted by Gasteiger charge is 2.41. The number of aromatic nitrogens is 2. The van der Waals surface area contributed by atoms with Crippen molar-refractivity contribution in [2.75, 3.05) is 0 Å². The third kappa shape index (κ3) is 2.13. The first-order valence-electron chi connectivity index (χ1n) is 8.13. The summed E-state index contributed by atoms with van der Waals surface area (Å²) in [6.45, 7) is -2.93. The molecule has 2 aliphatic heterocycles. The Morgan fingerprint density at radius 2 is 2.15 bits per heavy atom. The predicted octanol–water partition coefficient (Wildman–Crippen LogP) is 4.25. The predicted molar refractivity (Wildman–Crippen MR) is 93.3 cm³/mol. The molecule has 2 aliphatic rings. The zero-order valence-electron chi connectivity index (χ0n) is 13.3. The van der Waals surface area contributed by atoms with Crippen molar-refractivity contribution in [2.45, 2.75) is 25.1 Å². The van der Waals surface area contributed by atoms with Gasteiger partial charge in [0.25, 0.3) is 0 Å². The van der Waals surface area contributed by atoms with Crippen molar-refractivity contribution in [3.05, 3.63) is 58.4 Å². The third-order valence-electron chi connectivity index (χ3n) is 4.96. The molecule has 2 N–H and O–H groups in total. The van der Waals surface area contributed by atoms with E-state index in [-0.39, 0.29) is 23.7 Å². The van der Waals surface area contributed by atoms with Crippen molar-refractivity contribution in [3.63, 3.8) is 0 Å². The zero-order chi connectivity index (χ0) is 18.0. The lowest BCUT2D eigenvalue weighted by Crippen LogP contribution is -2.28. The standard InChI is InChI=1S/C18H13ClF2N4O/c19-8-4-5-10-12(6-8)25-13-7-11(17(25)24-10)23-16(22)9-2-1-3-14(15(9)13)26-18(20)21/h1-6,11,13,18H,7H2,(H2,22,23)/t11-,13-/m1/s1. The summed E-state index contributed by atoms with van der Waals surface area (Å²) in [6, 6.07) is 9.87. The monoisotopic (exact) mass is 374 g/mol. The number of alkyl halides is 2. The molecule has 1 aromatic heterocycles. The molecule has 2 bridgehead atoms. The van der Waals surface area contributed by atoms with Crippen LogP contribution in [-0.4, -0.2) is 22.0 Å². The minimum absolute atomic E-state index is 0.0893. The molecule has 0 fully saturated rings. The maximum atomic E-state index is 12.9. The van der Waals surface area contributed by atoms with E-state index in [9.17, 15) is 8.78 Å². The Hall–Kier alpha value is -2.67. The van der Waals surface area contributed by atoms with Crippen LogP contribution in [0.15, 0.2) is 36.4 Å². The maximum Gasteiger partial charge on any atom is 0.387 e. The summed E-state index contributed by atoms with van der Waals surface area (Å²) in [4.78, 5) is 4.67. The van der Waals surface area contributed by atoms with E-state index in [0.717, 1.165) is 16.9 Å². The quantitative estimate of drug-likeness (QED) is 0.704. The summed E-state index contributed by atoms with van der Waals surface area (Å²) in [6.07, 6.45) is 0.601. The number of imidazole rings is 1. The van der Waals surface area contributed by atoms with E-state index in [1.165, 1.54) is 6.07 Å². The number of halogens is 3. The Balaban J connectivity index is 1.79. The molecule has 2 atom stereocenters. The smallest absolute Gasteiger partial charge is 0.387 e. The van der Waals surface area contributed by atoms with Crippen LogP contribution in [0.1, 0.15) is 35.5 Å². The molecule has 5 rings (SSSR count). The summed E-state index contributed by atoms with van der Waals surface area (Å²) in [7, 11) is 0. The second-order valence-electron chi connectivity index (χ2n) is 6.39. The average molecular weight is 375 g/mol. The molecule has 2 aromatic carbocycles. The number of amidine groups is 1. The number of ether oxygens (including phenoxy) is 1. The van der Waals surface area contributed by atoms with Gasteiger partial charge in [-0.1, -0.05) is 23.7 Å². The maximum absolute atomic E-state index is 12.9.